The van der Waals surface area contributed by atoms with E-state index in [2.05, 4.69) is 16.0 Å². The van der Waals surface area contributed by atoms with Crippen molar-refractivity contribution in [3.8, 4) is 0 Å². The van der Waals surface area contributed by atoms with Crippen molar-refractivity contribution >= 4 is 34.7 Å². The number of carbonyl (C=O) groups excluding carboxylic acids is 3. The topological polar surface area (TPSA) is 87.3 Å². The second kappa shape index (κ2) is 8.83. The van der Waals surface area contributed by atoms with Crippen molar-refractivity contribution in [1.29, 1.82) is 0 Å². The number of hydrogen-bond donors (Lipinski definition) is 3. The molecule has 24 heavy (non-hydrogen) atoms. The Morgan fingerprint density at radius 3 is 2.54 bits per heavy atom. The van der Waals surface area contributed by atoms with Crippen LogP contribution in [0.4, 0.5) is 5.69 Å². The van der Waals surface area contributed by atoms with Gasteiger partial charge in [0, 0.05) is 20.0 Å². The second-order valence-corrected chi connectivity index (χ2v) is 5.96. The summed E-state index contributed by atoms with van der Waals surface area (Å²) in [6.07, 6.45) is 0.776. The molecule has 0 radical (unpaired) electrons. The molecule has 1 heterocycles. The highest BCUT2D eigenvalue weighted by Crippen LogP contribution is 2.15. The number of benzene rings is 1. The van der Waals surface area contributed by atoms with E-state index in [1.165, 1.54) is 18.4 Å². The standard InChI is InChI=1S/C17H19N3O3S/c1-18-16(22)12-6-2-3-7-13(12)20-15(21)9-4-10-19-17(23)14-8-5-11-24-14/h2-3,5-8,11H,4,9-10H2,1H3,(H,18,22)(H,19,23)(H,20,21). The summed E-state index contributed by atoms with van der Waals surface area (Å²) in [5, 5.41) is 9.88. The van der Waals surface area contributed by atoms with Crippen molar-refractivity contribution in [3.05, 3.63) is 52.2 Å². The molecule has 0 aliphatic carbocycles. The quantitative estimate of drug-likeness (QED) is 0.673. The number of amides is 3. The van der Waals surface area contributed by atoms with Gasteiger partial charge < -0.3 is 16.0 Å². The summed E-state index contributed by atoms with van der Waals surface area (Å²) in [6, 6.07) is 10.4. The molecule has 0 unspecified atom stereocenters. The first-order valence-electron chi connectivity index (χ1n) is 7.54. The molecule has 0 aliphatic rings. The van der Waals surface area contributed by atoms with Crippen LogP contribution in [0.3, 0.4) is 0 Å². The third kappa shape index (κ3) is 4.92. The van der Waals surface area contributed by atoms with E-state index in [0.717, 1.165) is 0 Å². The van der Waals surface area contributed by atoms with Crippen LogP contribution in [0.2, 0.25) is 0 Å². The maximum atomic E-state index is 12.0. The summed E-state index contributed by atoms with van der Waals surface area (Å²) in [6.45, 7) is 0.418. The van der Waals surface area contributed by atoms with Crippen LogP contribution in [-0.4, -0.2) is 31.3 Å². The maximum absolute atomic E-state index is 12.0. The normalized spacial score (nSPS) is 10.0. The van der Waals surface area contributed by atoms with Crippen molar-refractivity contribution in [2.24, 2.45) is 0 Å². The van der Waals surface area contributed by atoms with Crippen molar-refractivity contribution in [1.82, 2.24) is 10.6 Å². The Bertz CT molecular complexity index is 714. The Hall–Kier alpha value is -2.67. The molecule has 6 nitrogen and oxygen atoms in total. The minimum absolute atomic E-state index is 0.129. The van der Waals surface area contributed by atoms with Crippen molar-refractivity contribution < 1.29 is 14.4 Å². The molecule has 2 aromatic rings. The molecule has 0 saturated heterocycles. The van der Waals surface area contributed by atoms with E-state index in [4.69, 9.17) is 0 Å². The minimum Gasteiger partial charge on any atom is -0.355 e. The van der Waals surface area contributed by atoms with Gasteiger partial charge in [-0.2, -0.15) is 0 Å². The molecule has 126 valence electrons. The first kappa shape index (κ1) is 17.7. The van der Waals surface area contributed by atoms with Crippen molar-refractivity contribution in [2.45, 2.75) is 12.8 Å². The fourth-order valence-electron chi connectivity index (χ4n) is 2.08. The van der Waals surface area contributed by atoms with Crippen LogP contribution in [0.5, 0.6) is 0 Å². The molecule has 0 aliphatic heterocycles. The Morgan fingerprint density at radius 2 is 1.83 bits per heavy atom. The van der Waals surface area contributed by atoms with Gasteiger partial charge in [-0.3, -0.25) is 14.4 Å². The van der Waals surface area contributed by atoms with Gasteiger partial charge in [-0.1, -0.05) is 18.2 Å². The predicted molar refractivity (Wildman–Crippen MR) is 94.3 cm³/mol. The second-order valence-electron chi connectivity index (χ2n) is 5.01. The van der Waals surface area contributed by atoms with E-state index in [9.17, 15) is 14.4 Å². The average molecular weight is 345 g/mol. The maximum Gasteiger partial charge on any atom is 0.261 e. The summed E-state index contributed by atoms with van der Waals surface area (Å²) >= 11 is 1.37. The van der Waals surface area contributed by atoms with Crippen LogP contribution >= 0.6 is 11.3 Å². The molecule has 0 bridgehead atoms. The van der Waals surface area contributed by atoms with Gasteiger partial charge in [0.15, 0.2) is 0 Å². The van der Waals surface area contributed by atoms with Gasteiger partial charge >= 0.3 is 0 Å². The molecule has 3 N–H and O–H groups in total. The fraction of sp³-hybridized carbons (Fsp3) is 0.235. The van der Waals surface area contributed by atoms with E-state index in [0.29, 0.717) is 29.1 Å². The van der Waals surface area contributed by atoms with E-state index in [-0.39, 0.29) is 24.1 Å². The third-order valence-corrected chi connectivity index (χ3v) is 4.15. The number of anilines is 1. The van der Waals surface area contributed by atoms with Gasteiger partial charge in [-0.25, -0.2) is 0 Å². The van der Waals surface area contributed by atoms with E-state index in [1.54, 1.807) is 30.3 Å². The van der Waals surface area contributed by atoms with Crippen molar-refractivity contribution in [2.75, 3.05) is 18.9 Å². The first-order chi connectivity index (χ1) is 11.6. The predicted octanol–water partition coefficient (Wildman–Crippen LogP) is 2.26. The fourth-order valence-corrected chi connectivity index (χ4v) is 2.72. The van der Waals surface area contributed by atoms with E-state index >= 15 is 0 Å². The summed E-state index contributed by atoms with van der Waals surface area (Å²) in [5.74, 6) is -0.582. The van der Waals surface area contributed by atoms with Crippen LogP contribution in [0.15, 0.2) is 41.8 Å². The lowest BCUT2D eigenvalue weighted by molar-refractivity contribution is -0.116. The van der Waals surface area contributed by atoms with Gasteiger partial charge in [0.05, 0.1) is 16.1 Å². The Kier molecular flexibility index (Phi) is 6.51. The number of rotatable bonds is 7. The first-order valence-corrected chi connectivity index (χ1v) is 8.42. The Balaban J connectivity index is 1.78. The van der Waals surface area contributed by atoms with Crippen molar-refractivity contribution in [3.63, 3.8) is 0 Å². The molecule has 7 heteroatoms. The number of thiophene rings is 1. The molecule has 0 fully saturated rings. The summed E-state index contributed by atoms with van der Waals surface area (Å²) in [5.41, 5.74) is 0.892. The Labute approximate surface area is 144 Å². The molecule has 1 aromatic carbocycles. The van der Waals surface area contributed by atoms with Crippen LogP contribution < -0.4 is 16.0 Å². The van der Waals surface area contributed by atoms with Gasteiger partial charge in [0.25, 0.3) is 11.8 Å². The van der Waals surface area contributed by atoms with Gasteiger partial charge in [-0.05, 0) is 30.0 Å². The summed E-state index contributed by atoms with van der Waals surface area (Å²) in [7, 11) is 1.54. The highest BCUT2D eigenvalue weighted by molar-refractivity contribution is 7.12. The SMILES string of the molecule is CNC(=O)c1ccccc1NC(=O)CCCNC(=O)c1cccs1. The smallest absolute Gasteiger partial charge is 0.261 e. The molecule has 3 amide bonds. The molecule has 0 atom stereocenters. The Morgan fingerprint density at radius 1 is 1.04 bits per heavy atom. The molecular formula is C17H19N3O3S. The summed E-state index contributed by atoms with van der Waals surface area (Å²) in [4.78, 5) is 36.2. The van der Waals surface area contributed by atoms with Crippen LogP contribution in [0.25, 0.3) is 0 Å². The van der Waals surface area contributed by atoms with Crippen LogP contribution in [0, 0.1) is 0 Å². The molecule has 2 rings (SSSR count). The van der Waals surface area contributed by atoms with E-state index < -0.39 is 0 Å². The lowest BCUT2D eigenvalue weighted by Crippen LogP contribution is -2.25. The lowest BCUT2D eigenvalue weighted by Gasteiger charge is -2.10. The molecule has 0 spiro atoms. The highest BCUT2D eigenvalue weighted by Gasteiger charge is 2.11. The molecular weight excluding hydrogens is 326 g/mol. The number of hydrogen-bond acceptors (Lipinski definition) is 4. The number of para-hydroxylation sites is 1. The highest BCUT2D eigenvalue weighted by atomic mass is 32.1. The summed E-state index contributed by atoms with van der Waals surface area (Å²) < 4.78 is 0. The van der Waals surface area contributed by atoms with Gasteiger partial charge in [0.2, 0.25) is 5.91 Å². The number of nitrogens with one attached hydrogen (secondary N) is 3. The molecule has 1 aromatic heterocycles. The zero-order chi connectivity index (χ0) is 17.4. The zero-order valence-electron chi connectivity index (χ0n) is 13.3. The average Bonchev–Trinajstić information content (AvgIpc) is 3.13. The van der Waals surface area contributed by atoms with Crippen LogP contribution in [-0.2, 0) is 4.79 Å². The largest absolute Gasteiger partial charge is 0.355 e. The van der Waals surface area contributed by atoms with Gasteiger partial charge in [-0.15, -0.1) is 11.3 Å². The molecule has 0 saturated carbocycles. The lowest BCUT2D eigenvalue weighted by atomic mass is 10.1. The van der Waals surface area contributed by atoms with E-state index in [1.807, 2.05) is 11.4 Å². The van der Waals surface area contributed by atoms with Crippen LogP contribution in [0.1, 0.15) is 32.9 Å². The third-order valence-electron chi connectivity index (χ3n) is 3.28. The minimum atomic E-state index is -0.255. The monoisotopic (exact) mass is 345 g/mol. The van der Waals surface area contributed by atoms with Gasteiger partial charge in [0.1, 0.15) is 0 Å². The zero-order valence-corrected chi connectivity index (χ0v) is 14.1. The number of carbonyl (C=O) groups is 3.